The van der Waals surface area contributed by atoms with Gasteiger partial charge in [0, 0.05) is 6.54 Å². The first-order chi connectivity index (χ1) is 7.58. The SMILES string of the molecule is CCC(CN)CNc1c(C)cc(C)cc1Cl. The van der Waals surface area contributed by atoms with Gasteiger partial charge in [-0.05, 0) is 43.5 Å². The molecule has 0 spiro atoms. The number of nitrogens with one attached hydrogen (secondary N) is 1. The predicted octanol–water partition coefficient (Wildman–Crippen LogP) is 3.35. The van der Waals surface area contributed by atoms with E-state index >= 15 is 0 Å². The molecule has 3 N–H and O–H groups in total. The maximum Gasteiger partial charge on any atom is 0.0642 e. The van der Waals surface area contributed by atoms with Crippen molar-refractivity contribution in [2.45, 2.75) is 27.2 Å². The summed E-state index contributed by atoms with van der Waals surface area (Å²) in [6.07, 6.45) is 1.09. The van der Waals surface area contributed by atoms with Gasteiger partial charge in [-0.3, -0.25) is 0 Å². The first kappa shape index (κ1) is 13.3. The van der Waals surface area contributed by atoms with Gasteiger partial charge in [0.1, 0.15) is 0 Å². The Labute approximate surface area is 103 Å². The average Bonchev–Trinajstić information content (AvgIpc) is 2.22. The normalized spacial score (nSPS) is 12.6. The van der Waals surface area contributed by atoms with E-state index in [9.17, 15) is 0 Å². The lowest BCUT2D eigenvalue weighted by atomic mass is 10.1. The van der Waals surface area contributed by atoms with Crippen LogP contribution < -0.4 is 11.1 Å². The Morgan fingerprint density at radius 2 is 2.06 bits per heavy atom. The number of anilines is 1. The Morgan fingerprint density at radius 1 is 1.38 bits per heavy atom. The fraction of sp³-hybridized carbons (Fsp3) is 0.538. The van der Waals surface area contributed by atoms with Crippen LogP contribution in [0.2, 0.25) is 5.02 Å². The highest BCUT2D eigenvalue weighted by atomic mass is 35.5. The molecule has 0 heterocycles. The Kier molecular flexibility index (Phi) is 5.10. The van der Waals surface area contributed by atoms with Crippen molar-refractivity contribution in [3.63, 3.8) is 0 Å². The zero-order valence-corrected chi connectivity index (χ0v) is 11.1. The molecule has 0 amide bonds. The van der Waals surface area contributed by atoms with E-state index < -0.39 is 0 Å². The molecule has 16 heavy (non-hydrogen) atoms. The molecule has 90 valence electrons. The summed E-state index contributed by atoms with van der Waals surface area (Å²) in [6.45, 7) is 7.88. The van der Waals surface area contributed by atoms with Crippen LogP contribution in [0.3, 0.4) is 0 Å². The van der Waals surface area contributed by atoms with Gasteiger partial charge in [0.2, 0.25) is 0 Å². The molecule has 0 aliphatic heterocycles. The van der Waals surface area contributed by atoms with Crippen LogP contribution in [-0.4, -0.2) is 13.1 Å². The molecule has 1 rings (SSSR count). The molecule has 2 nitrogen and oxygen atoms in total. The van der Waals surface area contributed by atoms with Gasteiger partial charge < -0.3 is 11.1 Å². The number of hydrogen-bond acceptors (Lipinski definition) is 2. The Balaban J connectivity index is 2.74. The van der Waals surface area contributed by atoms with E-state index in [0.717, 1.165) is 23.7 Å². The second-order valence-electron chi connectivity index (χ2n) is 4.33. The first-order valence-corrected chi connectivity index (χ1v) is 6.17. The van der Waals surface area contributed by atoms with Crippen molar-refractivity contribution in [3.8, 4) is 0 Å². The van der Waals surface area contributed by atoms with Gasteiger partial charge in [0.15, 0.2) is 0 Å². The number of nitrogens with two attached hydrogens (primary N) is 1. The lowest BCUT2D eigenvalue weighted by Gasteiger charge is -2.17. The van der Waals surface area contributed by atoms with Crippen LogP contribution in [-0.2, 0) is 0 Å². The van der Waals surface area contributed by atoms with Crippen LogP contribution in [0.15, 0.2) is 12.1 Å². The van der Waals surface area contributed by atoms with Crippen molar-refractivity contribution < 1.29 is 0 Å². The summed E-state index contributed by atoms with van der Waals surface area (Å²) < 4.78 is 0. The molecule has 0 saturated heterocycles. The Bertz CT molecular complexity index is 323. The highest BCUT2D eigenvalue weighted by Gasteiger charge is 2.08. The lowest BCUT2D eigenvalue weighted by Crippen LogP contribution is -2.22. The van der Waals surface area contributed by atoms with Crippen LogP contribution in [0.1, 0.15) is 24.5 Å². The minimum atomic E-state index is 0.511. The van der Waals surface area contributed by atoms with E-state index in [4.69, 9.17) is 17.3 Å². The van der Waals surface area contributed by atoms with E-state index in [1.165, 1.54) is 11.1 Å². The molecule has 1 aromatic rings. The summed E-state index contributed by atoms with van der Waals surface area (Å²) in [4.78, 5) is 0. The van der Waals surface area contributed by atoms with Crippen molar-refractivity contribution in [1.82, 2.24) is 0 Å². The molecule has 0 aliphatic carbocycles. The van der Waals surface area contributed by atoms with Gasteiger partial charge in [0.25, 0.3) is 0 Å². The molecule has 3 heteroatoms. The van der Waals surface area contributed by atoms with Gasteiger partial charge in [-0.1, -0.05) is 31.0 Å². The van der Waals surface area contributed by atoms with Crippen LogP contribution in [0, 0.1) is 19.8 Å². The lowest BCUT2D eigenvalue weighted by molar-refractivity contribution is 0.548. The fourth-order valence-electron chi connectivity index (χ4n) is 1.78. The van der Waals surface area contributed by atoms with Gasteiger partial charge in [0.05, 0.1) is 10.7 Å². The second-order valence-corrected chi connectivity index (χ2v) is 4.74. The molecule has 1 aromatic carbocycles. The smallest absolute Gasteiger partial charge is 0.0642 e. The van der Waals surface area contributed by atoms with Gasteiger partial charge in [-0.2, -0.15) is 0 Å². The summed E-state index contributed by atoms with van der Waals surface area (Å²) in [6, 6.07) is 4.12. The molecule has 0 bridgehead atoms. The van der Waals surface area contributed by atoms with Crippen molar-refractivity contribution in [2.24, 2.45) is 11.7 Å². The van der Waals surface area contributed by atoms with Crippen LogP contribution in [0.5, 0.6) is 0 Å². The molecular weight excluding hydrogens is 220 g/mol. The zero-order chi connectivity index (χ0) is 12.1. The number of hydrogen-bond donors (Lipinski definition) is 2. The summed E-state index contributed by atoms with van der Waals surface area (Å²) in [7, 11) is 0. The summed E-state index contributed by atoms with van der Waals surface area (Å²) in [5, 5.41) is 4.19. The fourth-order valence-corrected chi connectivity index (χ4v) is 2.17. The van der Waals surface area contributed by atoms with Crippen LogP contribution in [0.25, 0.3) is 0 Å². The third-order valence-electron chi connectivity index (χ3n) is 2.91. The van der Waals surface area contributed by atoms with E-state index in [1.54, 1.807) is 0 Å². The van der Waals surface area contributed by atoms with Gasteiger partial charge in [-0.25, -0.2) is 0 Å². The predicted molar refractivity (Wildman–Crippen MR) is 72.3 cm³/mol. The topological polar surface area (TPSA) is 38.0 Å². The third kappa shape index (κ3) is 3.39. The molecule has 0 aromatic heterocycles. The number of rotatable bonds is 5. The molecule has 0 fully saturated rings. The maximum absolute atomic E-state index is 6.21. The highest BCUT2D eigenvalue weighted by Crippen LogP contribution is 2.27. The average molecular weight is 241 g/mol. The largest absolute Gasteiger partial charge is 0.383 e. The first-order valence-electron chi connectivity index (χ1n) is 5.79. The van der Waals surface area contributed by atoms with Crippen molar-refractivity contribution in [1.29, 1.82) is 0 Å². The summed E-state index contributed by atoms with van der Waals surface area (Å²) in [5.74, 6) is 0.511. The quantitative estimate of drug-likeness (QED) is 0.829. The van der Waals surface area contributed by atoms with E-state index in [1.807, 2.05) is 6.07 Å². The van der Waals surface area contributed by atoms with Crippen LogP contribution in [0.4, 0.5) is 5.69 Å². The van der Waals surface area contributed by atoms with E-state index in [2.05, 4.69) is 32.2 Å². The number of halogens is 1. The molecule has 1 unspecified atom stereocenters. The number of benzene rings is 1. The highest BCUT2D eigenvalue weighted by molar-refractivity contribution is 6.33. The maximum atomic E-state index is 6.21. The monoisotopic (exact) mass is 240 g/mol. The van der Waals surface area contributed by atoms with Crippen molar-refractivity contribution in [2.75, 3.05) is 18.4 Å². The zero-order valence-electron chi connectivity index (χ0n) is 10.3. The molecular formula is C13H21ClN2. The standard InChI is InChI=1S/C13H21ClN2/c1-4-11(7-15)8-16-13-10(3)5-9(2)6-12(13)14/h5-6,11,16H,4,7-8,15H2,1-3H3. The second kappa shape index (κ2) is 6.12. The molecule has 0 aliphatic rings. The van der Waals surface area contributed by atoms with Crippen molar-refractivity contribution >= 4 is 17.3 Å². The van der Waals surface area contributed by atoms with E-state index in [-0.39, 0.29) is 0 Å². The summed E-state index contributed by atoms with van der Waals surface area (Å²) >= 11 is 6.21. The molecule has 0 saturated carbocycles. The van der Waals surface area contributed by atoms with Gasteiger partial charge >= 0.3 is 0 Å². The number of aryl methyl sites for hydroxylation is 2. The van der Waals surface area contributed by atoms with E-state index in [0.29, 0.717) is 12.5 Å². The third-order valence-corrected chi connectivity index (χ3v) is 3.21. The summed E-state index contributed by atoms with van der Waals surface area (Å²) in [5.41, 5.74) is 9.10. The van der Waals surface area contributed by atoms with Gasteiger partial charge in [-0.15, -0.1) is 0 Å². The molecule has 1 atom stereocenters. The minimum Gasteiger partial charge on any atom is -0.383 e. The van der Waals surface area contributed by atoms with Crippen LogP contribution >= 0.6 is 11.6 Å². The molecule has 0 radical (unpaired) electrons. The Hall–Kier alpha value is -0.730. The minimum absolute atomic E-state index is 0.511. The van der Waals surface area contributed by atoms with Crippen molar-refractivity contribution in [3.05, 3.63) is 28.3 Å². The Morgan fingerprint density at radius 3 is 2.56 bits per heavy atom.